The maximum atomic E-state index is 12.7. The summed E-state index contributed by atoms with van der Waals surface area (Å²) in [6.45, 7) is 2.07. The van der Waals surface area contributed by atoms with Gasteiger partial charge in [0, 0.05) is 11.3 Å². The minimum absolute atomic E-state index is 0.269. The Morgan fingerprint density at radius 2 is 1.90 bits per heavy atom. The summed E-state index contributed by atoms with van der Waals surface area (Å²) in [5, 5.41) is 1.06. The van der Waals surface area contributed by atoms with E-state index in [-0.39, 0.29) is 11.7 Å². The SMILES string of the molecule is Cc1ccc2oc(C(=O)C3C4C5CCC(C5)C34)cc2c1. The molecule has 0 saturated heterocycles. The molecule has 0 aliphatic heterocycles. The van der Waals surface area contributed by atoms with Crippen molar-refractivity contribution in [2.24, 2.45) is 29.6 Å². The van der Waals surface area contributed by atoms with Crippen LogP contribution in [0.25, 0.3) is 11.0 Å². The van der Waals surface area contributed by atoms with Gasteiger partial charge in [0.15, 0.2) is 5.76 Å². The Morgan fingerprint density at radius 1 is 1.15 bits per heavy atom. The molecule has 3 fully saturated rings. The highest BCUT2D eigenvalue weighted by Gasteiger charge is 2.67. The van der Waals surface area contributed by atoms with E-state index in [4.69, 9.17) is 4.42 Å². The molecule has 4 unspecified atom stereocenters. The number of rotatable bonds is 2. The highest BCUT2D eigenvalue weighted by atomic mass is 16.3. The van der Waals surface area contributed by atoms with E-state index in [1.54, 1.807) is 0 Å². The molecule has 1 aromatic heterocycles. The molecular formula is C18H18O2. The van der Waals surface area contributed by atoms with Gasteiger partial charge in [-0.3, -0.25) is 4.79 Å². The summed E-state index contributed by atoms with van der Waals surface area (Å²) in [4.78, 5) is 12.7. The Hall–Kier alpha value is -1.57. The molecule has 0 N–H and O–H groups in total. The monoisotopic (exact) mass is 266 g/mol. The highest BCUT2D eigenvalue weighted by molar-refractivity contribution is 6.01. The van der Waals surface area contributed by atoms with E-state index in [9.17, 15) is 4.79 Å². The first-order chi connectivity index (χ1) is 9.72. The van der Waals surface area contributed by atoms with E-state index in [0.29, 0.717) is 17.6 Å². The molecule has 1 heterocycles. The van der Waals surface area contributed by atoms with Gasteiger partial charge in [-0.05, 0) is 68.1 Å². The molecule has 0 radical (unpaired) electrons. The number of ketones is 1. The Bertz CT molecular complexity index is 710. The van der Waals surface area contributed by atoms with Gasteiger partial charge in [-0.25, -0.2) is 0 Å². The molecule has 1 aromatic carbocycles. The van der Waals surface area contributed by atoms with Crippen LogP contribution in [-0.2, 0) is 0 Å². The van der Waals surface area contributed by atoms with Crippen LogP contribution in [0.5, 0.6) is 0 Å². The zero-order chi connectivity index (χ0) is 13.4. The van der Waals surface area contributed by atoms with Gasteiger partial charge in [-0.2, -0.15) is 0 Å². The third-order valence-electron chi connectivity index (χ3n) is 5.95. The fraction of sp³-hybridized carbons (Fsp3) is 0.500. The summed E-state index contributed by atoms with van der Waals surface area (Å²) in [6, 6.07) is 8.04. The standard InChI is InChI=1S/C18H18O2/c1-9-2-5-13-12(6-9)8-14(20-13)18(19)17-15-10-3-4-11(7-10)16(15)17/h2,5-6,8,10-11,15-17H,3-4,7H2,1H3. The lowest BCUT2D eigenvalue weighted by atomic mass is 9.99. The first kappa shape index (κ1) is 11.1. The molecule has 0 amide bonds. The van der Waals surface area contributed by atoms with Crippen LogP contribution in [0.1, 0.15) is 35.4 Å². The average molecular weight is 266 g/mol. The number of benzene rings is 1. The second-order valence-electron chi connectivity index (χ2n) is 7.03. The lowest BCUT2D eigenvalue weighted by Crippen LogP contribution is -2.09. The number of Topliss-reactive ketones (excluding diaryl/α,β-unsaturated/α-hetero) is 1. The number of furan rings is 1. The van der Waals surface area contributed by atoms with Gasteiger partial charge in [-0.15, -0.1) is 0 Å². The zero-order valence-electron chi connectivity index (χ0n) is 11.6. The van der Waals surface area contributed by atoms with Gasteiger partial charge in [0.05, 0.1) is 0 Å². The molecule has 20 heavy (non-hydrogen) atoms. The van der Waals surface area contributed by atoms with Gasteiger partial charge in [0.1, 0.15) is 5.58 Å². The minimum Gasteiger partial charge on any atom is -0.453 e. The largest absolute Gasteiger partial charge is 0.453 e. The van der Waals surface area contributed by atoms with Crippen LogP contribution in [0.2, 0.25) is 0 Å². The molecule has 4 atom stereocenters. The van der Waals surface area contributed by atoms with Crippen LogP contribution >= 0.6 is 0 Å². The number of hydrogen-bond donors (Lipinski definition) is 0. The summed E-state index contributed by atoms with van der Waals surface area (Å²) in [6.07, 6.45) is 4.10. The van der Waals surface area contributed by atoms with E-state index in [1.807, 2.05) is 18.2 Å². The van der Waals surface area contributed by atoms with Crippen LogP contribution in [0, 0.1) is 36.5 Å². The minimum atomic E-state index is 0.269. The van der Waals surface area contributed by atoms with E-state index in [1.165, 1.54) is 24.8 Å². The average Bonchev–Trinajstić information content (AvgIpc) is 2.81. The molecule has 102 valence electrons. The predicted octanol–water partition coefficient (Wildman–Crippen LogP) is 4.22. The van der Waals surface area contributed by atoms with E-state index in [2.05, 4.69) is 13.0 Å². The maximum Gasteiger partial charge on any atom is 0.201 e. The van der Waals surface area contributed by atoms with Gasteiger partial charge in [0.25, 0.3) is 0 Å². The number of hydrogen-bond acceptors (Lipinski definition) is 2. The van der Waals surface area contributed by atoms with Crippen molar-refractivity contribution in [1.82, 2.24) is 0 Å². The Balaban J connectivity index is 1.49. The molecule has 2 aromatic rings. The number of carbonyl (C=O) groups excluding carboxylic acids is 1. The van der Waals surface area contributed by atoms with Gasteiger partial charge < -0.3 is 4.42 Å². The second kappa shape index (κ2) is 3.55. The van der Waals surface area contributed by atoms with Crippen LogP contribution in [0.3, 0.4) is 0 Å². The topological polar surface area (TPSA) is 30.2 Å². The normalized spacial score (nSPS) is 37.4. The van der Waals surface area contributed by atoms with Crippen LogP contribution < -0.4 is 0 Å². The lowest BCUT2D eigenvalue weighted by molar-refractivity contribution is 0.0919. The van der Waals surface area contributed by atoms with Gasteiger partial charge >= 0.3 is 0 Å². The number of aryl methyl sites for hydroxylation is 1. The van der Waals surface area contributed by atoms with Crippen molar-refractivity contribution in [3.63, 3.8) is 0 Å². The third kappa shape index (κ3) is 1.32. The van der Waals surface area contributed by atoms with Crippen molar-refractivity contribution in [3.8, 4) is 0 Å². The number of fused-ring (bicyclic) bond motifs is 6. The van der Waals surface area contributed by atoms with Crippen molar-refractivity contribution in [2.45, 2.75) is 26.2 Å². The van der Waals surface area contributed by atoms with Crippen LogP contribution in [0.4, 0.5) is 0 Å². The van der Waals surface area contributed by atoms with Crippen LogP contribution in [-0.4, -0.2) is 5.78 Å². The van der Waals surface area contributed by atoms with Crippen molar-refractivity contribution in [2.75, 3.05) is 0 Å². The van der Waals surface area contributed by atoms with E-state index < -0.39 is 0 Å². The molecule has 2 bridgehead atoms. The molecule has 2 nitrogen and oxygen atoms in total. The third-order valence-corrected chi connectivity index (χ3v) is 5.95. The molecule has 3 aliphatic carbocycles. The summed E-state index contributed by atoms with van der Waals surface area (Å²) < 4.78 is 5.79. The maximum absolute atomic E-state index is 12.7. The summed E-state index contributed by atoms with van der Waals surface area (Å²) in [7, 11) is 0. The lowest BCUT2D eigenvalue weighted by Gasteiger charge is -2.05. The molecule has 2 heteroatoms. The first-order valence-electron chi connectivity index (χ1n) is 7.77. The zero-order valence-corrected chi connectivity index (χ0v) is 11.6. The summed E-state index contributed by atoms with van der Waals surface area (Å²) >= 11 is 0. The quantitative estimate of drug-likeness (QED) is 0.762. The first-order valence-corrected chi connectivity index (χ1v) is 7.77. The van der Waals surface area contributed by atoms with Gasteiger partial charge in [-0.1, -0.05) is 11.6 Å². The fourth-order valence-electron chi connectivity index (χ4n) is 5.12. The van der Waals surface area contributed by atoms with Crippen molar-refractivity contribution in [3.05, 3.63) is 35.6 Å². The van der Waals surface area contributed by atoms with E-state index in [0.717, 1.165) is 22.8 Å². The predicted molar refractivity (Wildman–Crippen MR) is 76.6 cm³/mol. The van der Waals surface area contributed by atoms with E-state index >= 15 is 0 Å². The Morgan fingerprint density at radius 3 is 2.65 bits per heavy atom. The van der Waals surface area contributed by atoms with Crippen LogP contribution in [0.15, 0.2) is 28.7 Å². The van der Waals surface area contributed by atoms with Gasteiger partial charge in [0.2, 0.25) is 5.78 Å². The summed E-state index contributed by atoms with van der Waals surface area (Å²) in [5.41, 5.74) is 2.05. The molecule has 0 spiro atoms. The molecular weight excluding hydrogens is 248 g/mol. The molecule has 3 saturated carbocycles. The van der Waals surface area contributed by atoms with Crippen molar-refractivity contribution < 1.29 is 9.21 Å². The smallest absolute Gasteiger partial charge is 0.201 e. The molecule has 3 aliphatic rings. The number of carbonyl (C=O) groups is 1. The fourth-order valence-corrected chi connectivity index (χ4v) is 5.12. The molecule has 5 rings (SSSR count). The van der Waals surface area contributed by atoms with Crippen molar-refractivity contribution >= 4 is 16.8 Å². The second-order valence-corrected chi connectivity index (χ2v) is 7.03. The highest BCUT2D eigenvalue weighted by Crippen LogP contribution is 2.70. The Labute approximate surface area is 118 Å². The Kier molecular flexibility index (Phi) is 1.97. The summed E-state index contributed by atoms with van der Waals surface area (Å²) in [5.74, 6) is 4.20. The van der Waals surface area contributed by atoms with Crippen molar-refractivity contribution in [1.29, 1.82) is 0 Å².